The van der Waals surface area contributed by atoms with Gasteiger partial charge in [-0.1, -0.05) is 67.9 Å². The van der Waals surface area contributed by atoms with Crippen LogP contribution >= 0.6 is 11.6 Å². The fourth-order valence-electron chi connectivity index (χ4n) is 5.80. The SMILES string of the molecule is CCOC(=O)C[C@@H]1O[C@@H](c2cccc3ccccc23)c2cc(Cl)ccc2N(CC(C)(C)CN2CCOCC2)C1=O. The monoisotopic (exact) mass is 564 g/mol. The van der Waals surface area contributed by atoms with E-state index in [-0.39, 0.29) is 24.3 Å². The summed E-state index contributed by atoms with van der Waals surface area (Å²) in [5.41, 5.74) is 2.20. The van der Waals surface area contributed by atoms with Gasteiger partial charge in [0, 0.05) is 42.5 Å². The van der Waals surface area contributed by atoms with Gasteiger partial charge in [0.25, 0.3) is 5.91 Å². The van der Waals surface area contributed by atoms with E-state index in [9.17, 15) is 9.59 Å². The van der Waals surface area contributed by atoms with Crippen molar-refractivity contribution in [1.82, 2.24) is 4.90 Å². The minimum atomic E-state index is -1.02. The van der Waals surface area contributed by atoms with Gasteiger partial charge in [0.2, 0.25) is 0 Å². The van der Waals surface area contributed by atoms with Crippen molar-refractivity contribution < 1.29 is 23.8 Å². The summed E-state index contributed by atoms with van der Waals surface area (Å²) in [6.07, 6.45) is -1.81. The average Bonchev–Trinajstić information content (AvgIpc) is 3.03. The fourth-order valence-corrected chi connectivity index (χ4v) is 5.98. The van der Waals surface area contributed by atoms with Gasteiger partial charge in [0.15, 0.2) is 0 Å². The van der Waals surface area contributed by atoms with Crippen LogP contribution in [0.5, 0.6) is 0 Å². The summed E-state index contributed by atoms with van der Waals surface area (Å²) >= 11 is 6.56. The third-order valence-electron chi connectivity index (χ3n) is 7.51. The topological polar surface area (TPSA) is 68.3 Å². The average molecular weight is 565 g/mol. The molecule has 0 radical (unpaired) electrons. The summed E-state index contributed by atoms with van der Waals surface area (Å²) in [5, 5.41) is 2.63. The standard InChI is InChI=1S/C32H37ClN2O5/c1-4-39-29(36)19-28-31(37)35(21-32(2,3)20-34-14-16-38-17-15-34)27-13-12-23(33)18-26(27)30(40-28)25-11-7-9-22-8-5-6-10-24(22)25/h5-13,18,28,30H,4,14-17,19-21H2,1-3H3/t28-,30-/m0/s1. The predicted octanol–water partition coefficient (Wildman–Crippen LogP) is 5.63. The second kappa shape index (κ2) is 12.3. The van der Waals surface area contributed by atoms with Gasteiger partial charge in [-0.15, -0.1) is 0 Å². The smallest absolute Gasteiger partial charge is 0.308 e. The number of anilines is 1. The molecule has 2 aliphatic heterocycles. The molecule has 0 N–H and O–H groups in total. The van der Waals surface area contributed by atoms with E-state index in [1.165, 1.54) is 0 Å². The number of amides is 1. The number of halogens is 1. The van der Waals surface area contributed by atoms with Crippen LogP contribution in [0, 0.1) is 5.41 Å². The van der Waals surface area contributed by atoms with Gasteiger partial charge in [-0.2, -0.15) is 0 Å². The van der Waals surface area contributed by atoms with Gasteiger partial charge in [0.05, 0.1) is 26.2 Å². The largest absolute Gasteiger partial charge is 0.466 e. The number of rotatable bonds is 8. The zero-order valence-electron chi connectivity index (χ0n) is 23.4. The lowest BCUT2D eigenvalue weighted by Gasteiger charge is -2.38. The van der Waals surface area contributed by atoms with Crippen LogP contribution in [0.25, 0.3) is 10.8 Å². The van der Waals surface area contributed by atoms with Gasteiger partial charge in [-0.3, -0.25) is 14.5 Å². The number of hydrogen-bond donors (Lipinski definition) is 0. The number of morpholine rings is 1. The highest BCUT2D eigenvalue weighted by atomic mass is 35.5. The molecule has 7 nitrogen and oxygen atoms in total. The summed E-state index contributed by atoms with van der Waals surface area (Å²) < 4.78 is 17.4. The van der Waals surface area contributed by atoms with Crippen LogP contribution in [0.15, 0.2) is 60.7 Å². The van der Waals surface area contributed by atoms with Crippen molar-refractivity contribution in [3.63, 3.8) is 0 Å². The highest BCUT2D eigenvalue weighted by Gasteiger charge is 2.40. The molecule has 0 saturated carbocycles. The van der Waals surface area contributed by atoms with Gasteiger partial charge in [-0.25, -0.2) is 0 Å². The first-order valence-electron chi connectivity index (χ1n) is 14.0. The molecular formula is C32H37ClN2O5. The third kappa shape index (κ3) is 6.33. The Morgan fingerprint density at radius 1 is 1.02 bits per heavy atom. The van der Waals surface area contributed by atoms with Crippen LogP contribution in [0.4, 0.5) is 5.69 Å². The Morgan fingerprint density at radius 2 is 1.77 bits per heavy atom. The maximum absolute atomic E-state index is 14.3. The molecule has 5 rings (SSSR count). The zero-order valence-corrected chi connectivity index (χ0v) is 24.2. The Kier molecular flexibility index (Phi) is 8.76. The first-order chi connectivity index (χ1) is 19.3. The lowest BCUT2D eigenvalue weighted by molar-refractivity contribution is -0.151. The van der Waals surface area contributed by atoms with E-state index in [2.05, 4.69) is 36.9 Å². The van der Waals surface area contributed by atoms with Gasteiger partial charge in [-0.05, 0) is 46.9 Å². The lowest BCUT2D eigenvalue weighted by atomic mass is 9.90. The summed E-state index contributed by atoms with van der Waals surface area (Å²) in [6.45, 7) is 10.7. The number of benzene rings is 3. The number of carbonyl (C=O) groups is 2. The molecule has 0 aromatic heterocycles. The maximum atomic E-state index is 14.3. The normalized spacial score (nSPS) is 20.3. The van der Waals surface area contributed by atoms with E-state index in [1.807, 2.05) is 42.5 Å². The Balaban J connectivity index is 1.59. The first kappa shape index (κ1) is 28.6. The van der Waals surface area contributed by atoms with Gasteiger partial charge < -0.3 is 19.1 Å². The highest BCUT2D eigenvalue weighted by molar-refractivity contribution is 6.30. The molecule has 8 heteroatoms. The molecule has 3 aromatic carbocycles. The number of fused-ring (bicyclic) bond motifs is 2. The van der Waals surface area contributed by atoms with E-state index >= 15 is 0 Å². The summed E-state index contributed by atoms with van der Waals surface area (Å²) in [6, 6.07) is 19.7. The summed E-state index contributed by atoms with van der Waals surface area (Å²) in [4.78, 5) is 31.1. The zero-order chi connectivity index (χ0) is 28.3. The molecule has 0 unspecified atom stereocenters. The molecule has 0 aliphatic carbocycles. The molecule has 2 aliphatic rings. The van der Waals surface area contributed by atoms with Crippen molar-refractivity contribution in [3.8, 4) is 0 Å². The molecule has 3 aromatic rings. The van der Waals surface area contributed by atoms with E-state index in [0.29, 0.717) is 24.8 Å². The van der Waals surface area contributed by atoms with Crippen LogP contribution in [0.2, 0.25) is 5.02 Å². The van der Waals surface area contributed by atoms with Gasteiger partial charge >= 0.3 is 5.97 Å². The number of carbonyl (C=O) groups excluding carboxylic acids is 2. The van der Waals surface area contributed by atoms with E-state index in [4.69, 9.17) is 25.8 Å². The van der Waals surface area contributed by atoms with Crippen molar-refractivity contribution in [2.45, 2.75) is 39.4 Å². The van der Waals surface area contributed by atoms with E-state index < -0.39 is 18.2 Å². The molecule has 2 atom stereocenters. The molecular weight excluding hydrogens is 528 g/mol. The number of hydrogen-bond acceptors (Lipinski definition) is 6. The highest BCUT2D eigenvalue weighted by Crippen LogP contribution is 2.43. The van der Waals surface area contributed by atoms with E-state index in [1.54, 1.807) is 11.8 Å². The minimum Gasteiger partial charge on any atom is -0.466 e. The molecule has 212 valence electrons. The van der Waals surface area contributed by atoms with Gasteiger partial charge in [0.1, 0.15) is 12.2 Å². The number of ether oxygens (including phenoxy) is 3. The lowest BCUT2D eigenvalue weighted by Crippen LogP contribution is -2.49. The molecule has 0 bridgehead atoms. The first-order valence-corrected chi connectivity index (χ1v) is 14.3. The Morgan fingerprint density at radius 3 is 2.55 bits per heavy atom. The molecule has 0 spiro atoms. The minimum absolute atomic E-state index is 0.171. The van der Waals surface area contributed by atoms with Crippen LogP contribution in [-0.4, -0.2) is 68.9 Å². The number of esters is 1. The second-order valence-corrected chi connectivity index (χ2v) is 11.7. The Hall–Kier alpha value is -2.97. The van der Waals surface area contributed by atoms with Crippen LogP contribution < -0.4 is 4.90 Å². The van der Waals surface area contributed by atoms with Crippen LogP contribution in [0.1, 0.15) is 44.4 Å². The molecule has 1 fully saturated rings. The molecule has 40 heavy (non-hydrogen) atoms. The summed E-state index contributed by atoms with van der Waals surface area (Å²) in [5.74, 6) is -0.719. The van der Waals surface area contributed by atoms with Crippen LogP contribution in [-0.2, 0) is 23.8 Å². The summed E-state index contributed by atoms with van der Waals surface area (Å²) in [7, 11) is 0. The van der Waals surface area contributed by atoms with Crippen molar-refractivity contribution in [1.29, 1.82) is 0 Å². The number of nitrogens with zero attached hydrogens (tertiary/aromatic N) is 2. The van der Waals surface area contributed by atoms with Crippen LogP contribution in [0.3, 0.4) is 0 Å². The third-order valence-corrected chi connectivity index (χ3v) is 7.74. The van der Waals surface area contributed by atoms with Crippen molar-refractivity contribution in [2.24, 2.45) is 5.41 Å². The Bertz CT molecular complexity index is 1370. The van der Waals surface area contributed by atoms with E-state index in [0.717, 1.165) is 47.2 Å². The molecule has 2 heterocycles. The Labute approximate surface area is 240 Å². The molecule has 1 amide bonds. The molecule has 1 saturated heterocycles. The second-order valence-electron chi connectivity index (χ2n) is 11.3. The van der Waals surface area contributed by atoms with Crippen molar-refractivity contribution in [2.75, 3.05) is 50.9 Å². The van der Waals surface area contributed by atoms with Crippen molar-refractivity contribution >= 4 is 39.9 Å². The van der Waals surface area contributed by atoms with Crippen molar-refractivity contribution in [3.05, 3.63) is 76.8 Å². The predicted molar refractivity (Wildman–Crippen MR) is 157 cm³/mol. The quantitative estimate of drug-likeness (QED) is 0.331. The maximum Gasteiger partial charge on any atom is 0.308 e. The fraction of sp³-hybridized carbons (Fsp3) is 0.438.